The number of halogens is 2. The lowest BCUT2D eigenvalue weighted by atomic mass is 9.91. The SMILES string of the molecule is Clc1ccc2c(c1Cl)C1CCNCCC1N2CCOc1ccccc1. The molecule has 0 spiro atoms. The van der Waals surface area contributed by atoms with E-state index in [1.807, 2.05) is 36.4 Å². The maximum Gasteiger partial charge on any atom is 0.119 e. The zero-order chi connectivity index (χ0) is 17.2. The number of hydrogen-bond donors (Lipinski definition) is 1. The van der Waals surface area contributed by atoms with Crippen LogP contribution in [-0.4, -0.2) is 32.3 Å². The molecule has 2 unspecified atom stereocenters. The zero-order valence-corrected chi connectivity index (χ0v) is 15.6. The molecular weight excluding hydrogens is 355 g/mol. The Balaban J connectivity index is 1.57. The predicted molar refractivity (Wildman–Crippen MR) is 104 cm³/mol. The van der Waals surface area contributed by atoms with Crippen LogP contribution in [0.1, 0.15) is 24.3 Å². The predicted octanol–water partition coefficient (Wildman–Crippen LogP) is 4.73. The Hall–Kier alpha value is -1.42. The van der Waals surface area contributed by atoms with E-state index in [-0.39, 0.29) is 0 Å². The molecule has 4 rings (SSSR count). The highest BCUT2D eigenvalue weighted by Crippen LogP contribution is 2.49. The van der Waals surface area contributed by atoms with Crippen molar-refractivity contribution in [3.05, 3.63) is 58.1 Å². The molecule has 3 nitrogen and oxygen atoms in total. The maximum atomic E-state index is 6.60. The summed E-state index contributed by atoms with van der Waals surface area (Å²) in [6.07, 6.45) is 2.20. The van der Waals surface area contributed by atoms with Gasteiger partial charge in [-0.05, 0) is 50.2 Å². The van der Waals surface area contributed by atoms with Gasteiger partial charge in [-0.2, -0.15) is 0 Å². The minimum atomic E-state index is 0.438. The molecule has 2 aliphatic heterocycles. The van der Waals surface area contributed by atoms with Gasteiger partial charge in [0.15, 0.2) is 0 Å². The number of fused-ring (bicyclic) bond motifs is 3. The van der Waals surface area contributed by atoms with Gasteiger partial charge in [0.2, 0.25) is 0 Å². The number of benzene rings is 2. The summed E-state index contributed by atoms with van der Waals surface area (Å²) in [6.45, 7) is 3.57. The third-order valence-electron chi connectivity index (χ3n) is 5.25. The summed E-state index contributed by atoms with van der Waals surface area (Å²) >= 11 is 12.9. The van der Waals surface area contributed by atoms with E-state index in [2.05, 4.69) is 16.3 Å². The first-order valence-electron chi connectivity index (χ1n) is 8.89. The van der Waals surface area contributed by atoms with Crippen molar-refractivity contribution >= 4 is 28.9 Å². The number of anilines is 1. The Morgan fingerprint density at radius 2 is 1.84 bits per heavy atom. The van der Waals surface area contributed by atoms with Gasteiger partial charge in [0.1, 0.15) is 12.4 Å². The van der Waals surface area contributed by atoms with E-state index >= 15 is 0 Å². The lowest BCUT2D eigenvalue weighted by molar-refractivity contribution is 0.317. The second-order valence-corrected chi connectivity index (χ2v) is 7.44. The highest BCUT2D eigenvalue weighted by atomic mass is 35.5. The third-order valence-corrected chi connectivity index (χ3v) is 6.07. The summed E-state index contributed by atoms with van der Waals surface area (Å²) < 4.78 is 5.93. The van der Waals surface area contributed by atoms with Gasteiger partial charge in [-0.15, -0.1) is 0 Å². The second-order valence-electron chi connectivity index (χ2n) is 6.65. The molecule has 1 fully saturated rings. The fraction of sp³-hybridized carbons (Fsp3) is 0.400. The van der Waals surface area contributed by atoms with Gasteiger partial charge in [-0.3, -0.25) is 0 Å². The van der Waals surface area contributed by atoms with Crippen LogP contribution in [0.15, 0.2) is 42.5 Å². The number of para-hydroxylation sites is 1. The molecule has 2 atom stereocenters. The first kappa shape index (κ1) is 17.0. The van der Waals surface area contributed by atoms with Crippen LogP contribution in [0.5, 0.6) is 5.75 Å². The van der Waals surface area contributed by atoms with Gasteiger partial charge in [0, 0.05) is 23.2 Å². The van der Waals surface area contributed by atoms with Crippen LogP contribution >= 0.6 is 23.2 Å². The first-order chi connectivity index (χ1) is 12.3. The molecule has 0 aliphatic carbocycles. The van der Waals surface area contributed by atoms with Crippen molar-refractivity contribution in [1.82, 2.24) is 5.32 Å². The monoisotopic (exact) mass is 376 g/mol. The highest BCUT2D eigenvalue weighted by molar-refractivity contribution is 6.42. The number of nitrogens with zero attached hydrogens (tertiary/aromatic N) is 1. The summed E-state index contributed by atoms with van der Waals surface area (Å²) in [4.78, 5) is 2.47. The summed E-state index contributed by atoms with van der Waals surface area (Å²) in [5.41, 5.74) is 2.45. The Labute approximate surface area is 158 Å². The maximum absolute atomic E-state index is 6.60. The largest absolute Gasteiger partial charge is 0.492 e. The molecule has 5 heteroatoms. The molecule has 0 radical (unpaired) electrons. The van der Waals surface area contributed by atoms with Crippen molar-refractivity contribution in [3.63, 3.8) is 0 Å². The van der Waals surface area contributed by atoms with Crippen molar-refractivity contribution in [3.8, 4) is 5.75 Å². The van der Waals surface area contributed by atoms with Crippen LogP contribution < -0.4 is 15.0 Å². The fourth-order valence-corrected chi connectivity index (χ4v) is 4.60. The van der Waals surface area contributed by atoms with Crippen molar-refractivity contribution < 1.29 is 4.74 Å². The van der Waals surface area contributed by atoms with Gasteiger partial charge in [0.25, 0.3) is 0 Å². The van der Waals surface area contributed by atoms with Crippen LogP contribution in [-0.2, 0) is 0 Å². The molecule has 25 heavy (non-hydrogen) atoms. The van der Waals surface area contributed by atoms with Gasteiger partial charge in [-0.25, -0.2) is 0 Å². The summed E-state index contributed by atoms with van der Waals surface area (Å²) in [5, 5.41) is 4.89. The molecule has 132 valence electrons. The minimum absolute atomic E-state index is 0.438. The Morgan fingerprint density at radius 3 is 2.68 bits per heavy atom. The van der Waals surface area contributed by atoms with E-state index in [4.69, 9.17) is 27.9 Å². The number of rotatable bonds is 4. The van der Waals surface area contributed by atoms with Crippen molar-refractivity contribution in [2.75, 3.05) is 31.1 Å². The van der Waals surface area contributed by atoms with Gasteiger partial charge >= 0.3 is 0 Å². The molecular formula is C20H22Cl2N2O. The van der Waals surface area contributed by atoms with Gasteiger partial charge in [0.05, 0.1) is 16.6 Å². The van der Waals surface area contributed by atoms with Crippen LogP contribution in [0.25, 0.3) is 0 Å². The van der Waals surface area contributed by atoms with E-state index in [0.29, 0.717) is 23.6 Å². The van der Waals surface area contributed by atoms with Crippen molar-refractivity contribution in [2.45, 2.75) is 24.8 Å². The van der Waals surface area contributed by atoms with Crippen LogP contribution in [0.4, 0.5) is 5.69 Å². The molecule has 2 aromatic carbocycles. The van der Waals surface area contributed by atoms with Gasteiger partial charge in [-0.1, -0.05) is 41.4 Å². The van der Waals surface area contributed by atoms with Crippen molar-refractivity contribution in [1.29, 1.82) is 0 Å². The molecule has 0 saturated carbocycles. The smallest absolute Gasteiger partial charge is 0.119 e. The fourth-order valence-electron chi connectivity index (χ4n) is 4.14. The van der Waals surface area contributed by atoms with E-state index < -0.39 is 0 Å². The molecule has 1 N–H and O–H groups in total. The Kier molecular flexibility index (Phi) is 5.07. The topological polar surface area (TPSA) is 24.5 Å². The van der Waals surface area contributed by atoms with E-state index in [1.165, 1.54) is 11.3 Å². The second kappa shape index (κ2) is 7.45. The lowest BCUT2D eigenvalue weighted by Gasteiger charge is -2.29. The first-order valence-corrected chi connectivity index (χ1v) is 9.64. The molecule has 0 bridgehead atoms. The highest BCUT2D eigenvalue weighted by Gasteiger charge is 2.40. The molecule has 1 saturated heterocycles. The number of nitrogens with one attached hydrogen (secondary N) is 1. The molecule has 2 aliphatic rings. The molecule has 0 aromatic heterocycles. The molecule has 2 heterocycles. The van der Waals surface area contributed by atoms with Gasteiger partial charge < -0.3 is 15.0 Å². The van der Waals surface area contributed by atoms with E-state index in [1.54, 1.807) is 0 Å². The standard InChI is InChI=1S/C20H22Cl2N2O/c21-16-6-7-18-19(20(16)22)15-8-10-23-11-9-17(15)24(18)12-13-25-14-4-2-1-3-5-14/h1-7,15,17,23H,8-13H2. The average molecular weight is 377 g/mol. The summed E-state index contributed by atoms with van der Waals surface area (Å²) in [7, 11) is 0. The Bertz CT molecular complexity index is 738. The molecule has 0 amide bonds. The van der Waals surface area contributed by atoms with E-state index in [0.717, 1.165) is 43.2 Å². The third kappa shape index (κ3) is 3.33. The van der Waals surface area contributed by atoms with Crippen LogP contribution in [0, 0.1) is 0 Å². The summed E-state index contributed by atoms with van der Waals surface area (Å²) in [5.74, 6) is 1.35. The Morgan fingerprint density at radius 1 is 1.04 bits per heavy atom. The number of hydrogen-bond acceptors (Lipinski definition) is 3. The quantitative estimate of drug-likeness (QED) is 0.834. The average Bonchev–Trinajstić information content (AvgIpc) is 2.78. The minimum Gasteiger partial charge on any atom is -0.492 e. The van der Waals surface area contributed by atoms with Crippen LogP contribution in [0.2, 0.25) is 10.0 Å². The summed E-state index contributed by atoms with van der Waals surface area (Å²) in [6, 6.07) is 14.5. The number of ether oxygens (including phenoxy) is 1. The zero-order valence-electron chi connectivity index (χ0n) is 14.1. The normalized spacial score (nSPS) is 22.2. The van der Waals surface area contributed by atoms with E-state index in [9.17, 15) is 0 Å². The van der Waals surface area contributed by atoms with Crippen LogP contribution in [0.3, 0.4) is 0 Å². The van der Waals surface area contributed by atoms with Crippen molar-refractivity contribution in [2.24, 2.45) is 0 Å². The molecule has 2 aromatic rings. The lowest BCUT2D eigenvalue weighted by Crippen LogP contribution is -2.37.